The van der Waals surface area contributed by atoms with E-state index in [0.29, 0.717) is 0 Å². The predicted molar refractivity (Wildman–Crippen MR) is 51.7 cm³/mol. The molecule has 1 aromatic rings. The summed E-state index contributed by atoms with van der Waals surface area (Å²) in [6.45, 7) is 0. The molecule has 0 aliphatic carbocycles. The van der Waals surface area contributed by atoms with Gasteiger partial charge in [-0.25, -0.2) is 0 Å². The highest BCUT2D eigenvalue weighted by Crippen LogP contribution is 2.34. The summed E-state index contributed by atoms with van der Waals surface area (Å²) < 4.78 is 30.6. The molecule has 0 fully saturated rings. The van der Waals surface area contributed by atoms with Crippen LogP contribution in [-0.2, 0) is 10.3 Å². The van der Waals surface area contributed by atoms with Crippen molar-refractivity contribution in [3.63, 3.8) is 0 Å². The van der Waals surface area contributed by atoms with Crippen molar-refractivity contribution in [1.29, 1.82) is 0 Å². The monoisotopic (exact) mass is 237 g/mol. The van der Waals surface area contributed by atoms with E-state index in [1.54, 1.807) is 0 Å². The zero-order valence-corrected chi connectivity index (χ0v) is 8.80. The molecule has 0 radical (unpaired) electrons. The van der Waals surface area contributed by atoms with Gasteiger partial charge >= 0.3 is 10.3 Å². The summed E-state index contributed by atoms with van der Waals surface area (Å²) in [5, 5.41) is 4.94. The molecule has 0 spiro atoms. The summed E-state index contributed by atoms with van der Waals surface area (Å²) in [7, 11) is -2.72. The first-order valence-electron chi connectivity index (χ1n) is 3.49. The van der Waals surface area contributed by atoms with Crippen molar-refractivity contribution < 1.29 is 17.3 Å². The van der Waals surface area contributed by atoms with Crippen LogP contribution in [0.5, 0.6) is 11.5 Å². The highest BCUT2D eigenvalue weighted by Gasteiger charge is 2.13. The average Bonchev–Trinajstić information content (AvgIpc) is 2.01. The van der Waals surface area contributed by atoms with Crippen LogP contribution in [0.1, 0.15) is 0 Å². The van der Waals surface area contributed by atoms with Gasteiger partial charge in [-0.3, -0.25) is 0 Å². The minimum absolute atomic E-state index is 0.0394. The van der Waals surface area contributed by atoms with Crippen LogP contribution in [0, 0.1) is 0 Å². The minimum atomic E-state index is -4.07. The van der Waals surface area contributed by atoms with Crippen LogP contribution in [-0.4, -0.2) is 15.5 Å². The highest BCUT2D eigenvalue weighted by molar-refractivity contribution is 7.84. The van der Waals surface area contributed by atoms with Gasteiger partial charge in [-0.05, 0) is 12.1 Å². The number of nitrogens with two attached hydrogens (primary N) is 1. The lowest BCUT2D eigenvalue weighted by atomic mass is 10.3. The smallest absolute Gasteiger partial charge is 0.380 e. The molecule has 0 saturated carbocycles. The topological polar surface area (TPSA) is 78.6 Å². The molecule has 0 bridgehead atoms. The van der Waals surface area contributed by atoms with Crippen molar-refractivity contribution in [2.75, 3.05) is 7.11 Å². The van der Waals surface area contributed by atoms with Gasteiger partial charge in [0.2, 0.25) is 0 Å². The normalized spacial score (nSPS) is 11.1. The molecular weight excluding hydrogens is 230 g/mol. The molecule has 1 aromatic carbocycles. The Kier molecular flexibility index (Phi) is 3.20. The van der Waals surface area contributed by atoms with E-state index in [2.05, 4.69) is 4.18 Å². The third kappa shape index (κ3) is 2.76. The van der Waals surface area contributed by atoms with E-state index >= 15 is 0 Å². The molecule has 1 rings (SSSR count). The number of methoxy groups -OCH3 is 1. The maximum Gasteiger partial charge on any atom is 0.380 e. The van der Waals surface area contributed by atoms with Crippen molar-refractivity contribution in [3.8, 4) is 11.5 Å². The Morgan fingerprint density at radius 2 is 2.07 bits per heavy atom. The first-order valence-corrected chi connectivity index (χ1v) is 5.33. The average molecular weight is 238 g/mol. The molecule has 7 heteroatoms. The van der Waals surface area contributed by atoms with E-state index in [1.807, 2.05) is 0 Å². The Bertz CT molecular complexity index is 431. The van der Waals surface area contributed by atoms with Gasteiger partial charge in [-0.1, -0.05) is 17.7 Å². The summed E-state index contributed by atoms with van der Waals surface area (Å²) in [5.41, 5.74) is 0. The van der Waals surface area contributed by atoms with Crippen molar-refractivity contribution in [1.82, 2.24) is 0 Å². The summed E-state index contributed by atoms with van der Waals surface area (Å²) in [5.74, 6) is 0.0886. The molecule has 0 amide bonds. The van der Waals surface area contributed by atoms with E-state index in [-0.39, 0.29) is 16.5 Å². The second kappa shape index (κ2) is 4.04. The van der Waals surface area contributed by atoms with E-state index in [4.69, 9.17) is 21.5 Å². The highest BCUT2D eigenvalue weighted by atomic mass is 35.5. The molecule has 2 N–H and O–H groups in total. The second-order valence-corrected chi connectivity index (χ2v) is 3.91. The van der Waals surface area contributed by atoms with Crippen LogP contribution in [0.15, 0.2) is 18.2 Å². The van der Waals surface area contributed by atoms with E-state index < -0.39 is 10.3 Å². The van der Waals surface area contributed by atoms with Crippen LogP contribution in [0.3, 0.4) is 0 Å². The molecule has 0 saturated heterocycles. The molecule has 0 unspecified atom stereocenters. The fraction of sp³-hybridized carbons (Fsp3) is 0.143. The van der Waals surface area contributed by atoms with Gasteiger partial charge in [0.15, 0.2) is 11.5 Å². The van der Waals surface area contributed by atoms with Gasteiger partial charge in [-0.2, -0.15) is 13.6 Å². The number of para-hydroxylation sites is 1. The van der Waals surface area contributed by atoms with Gasteiger partial charge in [0.05, 0.1) is 12.1 Å². The molecule has 0 aliphatic heterocycles. The Labute approximate surface area is 86.6 Å². The zero-order valence-electron chi connectivity index (χ0n) is 7.23. The van der Waals surface area contributed by atoms with E-state index in [1.165, 1.54) is 25.3 Å². The number of halogens is 1. The fourth-order valence-corrected chi connectivity index (χ4v) is 1.50. The molecule has 78 valence electrons. The van der Waals surface area contributed by atoms with Gasteiger partial charge in [-0.15, -0.1) is 0 Å². The van der Waals surface area contributed by atoms with Crippen LogP contribution in [0.4, 0.5) is 0 Å². The Hall–Kier alpha value is -0.980. The van der Waals surface area contributed by atoms with Crippen molar-refractivity contribution in [2.24, 2.45) is 5.14 Å². The van der Waals surface area contributed by atoms with Crippen molar-refractivity contribution >= 4 is 21.9 Å². The third-order valence-corrected chi connectivity index (χ3v) is 2.05. The van der Waals surface area contributed by atoms with Crippen LogP contribution < -0.4 is 14.1 Å². The van der Waals surface area contributed by atoms with Gasteiger partial charge in [0, 0.05) is 0 Å². The van der Waals surface area contributed by atoms with Crippen LogP contribution >= 0.6 is 11.6 Å². The molecule has 0 aromatic heterocycles. The molecule has 0 heterocycles. The minimum Gasteiger partial charge on any atom is -0.491 e. The lowest BCUT2D eigenvalue weighted by Gasteiger charge is -2.08. The molecule has 0 atom stereocenters. The number of hydrogen-bond acceptors (Lipinski definition) is 4. The number of ether oxygens (including phenoxy) is 1. The van der Waals surface area contributed by atoms with E-state index in [9.17, 15) is 8.42 Å². The standard InChI is InChI=1S/C7H8ClNO4S/c1-12-7-5(8)3-2-4-6(7)13-14(9,10)11/h2-4H,1H3,(H2,9,10,11). The second-order valence-electron chi connectivity index (χ2n) is 2.35. The largest absolute Gasteiger partial charge is 0.491 e. The Balaban J connectivity index is 3.15. The molecule has 14 heavy (non-hydrogen) atoms. The van der Waals surface area contributed by atoms with E-state index in [0.717, 1.165) is 0 Å². The molecular formula is C7H8ClNO4S. The summed E-state index contributed by atoms with van der Waals surface area (Å²) in [6.07, 6.45) is 0. The fourth-order valence-electron chi connectivity index (χ4n) is 0.878. The number of hydrogen-bond donors (Lipinski definition) is 1. The number of benzene rings is 1. The maximum absolute atomic E-state index is 10.6. The van der Waals surface area contributed by atoms with Crippen LogP contribution in [0.25, 0.3) is 0 Å². The van der Waals surface area contributed by atoms with Gasteiger partial charge in [0.25, 0.3) is 0 Å². The van der Waals surface area contributed by atoms with Crippen LogP contribution in [0.2, 0.25) is 5.02 Å². The molecule has 5 nitrogen and oxygen atoms in total. The predicted octanol–water partition coefficient (Wildman–Crippen LogP) is 0.931. The SMILES string of the molecule is COc1c(Cl)cccc1OS(N)(=O)=O. The molecule has 0 aliphatic rings. The first kappa shape index (κ1) is 11.1. The number of rotatable bonds is 3. The van der Waals surface area contributed by atoms with Gasteiger partial charge < -0.3 is 8.92 Å². The van der Waals surface area contributed by atoms with Gasteiger partial charge in [0.1, 0.15) is 0 Å². The maximum atomic E-state index is 10.6. The Morgan fingerprint density at radius 1 is 1.43 bits per heavy atom. The zero-order chi connectivity index (χ0) is 10.8. The summed E-state index contributed by atoms with van der Waals surface area (Å²) in [4.78, 5) is 0. The summed E-state index contributed by atoms with van der Waals surface area (Å²) in [6, 6.07) is 4.44. The Morgan fingerprint density at radius 3 is 2.57 bits per heavy atom. The first-order chi connectivity index (χ1) is 6.44. The quantitative estimate of drug-likeness (QED) is 0.848. The summed E-state index contributed by atoms with van der Waals surface area (Å²) >= 11 is 5.72. The lowest BCUT2D eigenvalue weighted by Crippen LogP contribution is -2.19. The van der Waals surface area contributed by atoms with Crippen molar-refractivity contribution in [3.05, 3.63) is 23.2 Å². The van der Waals surface area contributed by atoms with Crippen molar-refractivity contribution in [2.45, 2.75) is 0 Å². The third-order valence-electron chi connectivity index (χ3n) is 1.34. The lowest BCUT2D eigenvalue weighted by molar-refractivity contribution is 0.391.